The van der Waals surface area contributed by atoms with Crippen molar-refractivity contribution in [1.29, 1.82) is 5.26 Å². The van der Waals surface area contributed by atoms with Gasteiger partial charge in [-0.15, -0.1) is 11.3 Å². The molecule has 0 aliphatic carbocycles. The Kier molecular flexibility index (Phi) is 4.27. The molecular weight excluding hydrogens is 276 g/mol. The number of nitrogens with one attached hydrogen (secondary N) is 1. The SMILES string of the molecule is Cc1ccnc(NCCc2nc(C(=O)O)cs2)c1C#N. The average Bonchev–Trinajstić information content (AvgIpc) is 2.88. The third-order valence-electron chi connectivity index (χ3n) is 2.67. The zero-order chi connectivity index (χ0) is 14.5. The number of carboxylic acids is 1. The van der Waals surface area contributed by atoms with Crippen LogP contribution in [0.25, 0.3) is 0 Å². The Morgan fingerprint density at radius 2 is 2.40 bits per heavy atom. The number of nitrogens with zero attached hydrogens (tertiary/aromatic N) is 3. The highest BCUT2D eigenvalue weighted by Crippen LogP contribution is 2.16. The van der Waals surface area contributed by atoms with Gasteiger partial charge < -0.3 is 10.4 Å². The van der Waals surface area contributed by atoms with Gasteiger partial charge in [0.25, 0.3) is 0 Å². The van der Waals surface area contributed by atoms with E-state index in [4.69, 9.17) is 10.4 Å². The number of thiazole rings is 1. The second kappa shape index (κ2) is 6.12. The third kappa shape index (κ3) is 3.10. The smallest absolute Gasteiger partial charge is 0.355 e. The summed E-state index contributed by atoms with van der Waals surface area (Å²) in [4.78, 5) is 18.8. The lowest BCUT2D eigenvalue weighted by molar-refractivity contribution is 0.0691. The fourth-order valence-electron chi connectivity index (χ4n) is 1.65. The molecule has 0 spiro atoms. The van der Waals surface area contributed by atoms with E-state index >= 15 is 0 Å². The van der Waals surface area contributed by atoms with Crippen LogP contribution in [0, 0.1) is 18.3 Å². The molecule has 2 aromatic heterocycles. The number of rotatable bonds is 5. The molecule has 20 heavy (non-hydrogen) atoms. The van der Waals surface area contributed by atoms with Crippen LogP contribution < -0.4 is 5.32 Å². The lowest BCUT2D eigenvalue weighted by Gasteiger charge is -2.07. The molecule has 2 heterocycles. The molecule has 2 N–H and O–H groups in total. The van der Waals surface area contributed by atoms with Gasteiger partial charge in [0.1, 0.15) is 11.9 Å². The van der Waals surface area contributed by atoms with E-state index in [0.717, 1.165) is 10.6 Å². The Hall–Kier alpha value is -2.46. The van der Waals surface area contributed by atoms with Gasteiger partial charge in [-0.2, -0.15) is 5.26 Å². The number of pyridine rings is 1. The minimum atomic E-state index is -1.02. The molecule has 0 amide bonds. The highest BCUT2D eigenvalue weighted by Gasteiger charge is 2.09. The molecule has 7 heteroatoms. The first-order valence-corrected chi connectivity index (χ1v) is 6.77. The molecule has 0 unspecified atom stereocenters. The lowest BCUT2D eigenvalue weighted by Crippen LogP contribution is -2.08. The Bertz CT molecular complexity index is 675. The van der Waals surface area contributed by atoms with Crippen LogP contribution >= 0.6 is 11.3 Å². The minimum absolute atomic E-state index is 0.0661. The molecule has 6 nitrogen and oxygen atoms in total. The van der Waals surface area contributed by atoms with Gasteiger partial charge in [0.05, 0.1) is 10.6 Å². The van der Waals surface area contributed by atoms with Crippen molar-refractivity contribution in [2.75, 3.05) is 11.9 Å². The molecule has 2 aromatic rings. The first kappa shape index (κ1) is 14.0. The van der Waals surface area contributed by atoms with Crippen LogP contribution in [0.4, 0.5) is 5.82 Å². The van der Waals surface area contributed by atoms with E-state index in [-0.39, 0.29) is 5.69 Å². The summed E-state index contributed by atoms with van der Waals surface area (Å²) in [6.45, 7) is 2.39. The van der Waals surface area contributed by atoms with Crippen LogP contribution in [0.3, 0.4) is 0 Å². The van der Waals surface area contributed by atoms with Crippen LogP contribution in [0.5, 0.6) is 0 Å². The Morgan fingerprint density at radius 3 is 3.05 bits per heavy atom. The number of carbonyl (C=O) groups is 1. The first-order valence-electron chi connectivity index (χ1n) is 5.89. The molecule has 0 bridgehead atoms. The van der Waals surface area contributed by atoms with Crippen LogP contribution in [0.15, 0.2) is 17.6 Å². The predicted octanol–water partition coefficient (Wildman–Crippen LogP) is 2.07. The summed E-state index contributed by atoms with van der Waals surface area (Å²) < 4.78 is 0. The van der Waals surface area contributed by atoms with E-state index in [1.165, 1.54) is 16.7 Å². The summed E-state index contributed by atoms with van der Waals surface area (Å²) in [5.41, 5.74) is 1.46. The van der Waals surface area contributed by atoms with Gasteiger partial charge in [-0.3, -0.25) is 0 Å². The van der Waals surface area contributed by atoms with Gasteiger partial charge in [0.2, 0.25) is 0 Å². The fraction of sp³-hybridized carbons (Fsp3) is 0.231. The van der Waals surface area contributed by atoms with Crippen LogP contribution in [0.2, 0.25) is 0 Å². The van der Waals surface area contributed by atoms with Crippen molar-refractivity contribution in [2.24, 2.45) is 0 Å². The summed E-state index contributed by atoms with van der Waals surface area (Å²) >= 11 is 1.31. The second-order valence-corrected chi connectivity index (χ2v) is 5.01. The van der Waals surface area contributed by atoms with Crippen LogP contribution in [0.1, 0.15) is 26.6 Å². The van der Waals surface area contributed by atoms with Gasteiger partial charge >= 0.3 is 5.97 Å². The summed E-state index contributed by atoms with van der Waals surface area (Å²) in [5, 5.41) is 23.2. The molecule has 0 aliphatic rings. The number of aryl methyl sites for hydroxylation is 1. The Balaban J connectivity index is 1.98. The maximum Gasteiger partial charge on any atom is 0.355 e. The summed E-state index contributed by atoms with van der Waals surface area (Å²) in [5.74, 6) is -0.477. The monoisotopic (exact) mass is 288 g/mol. The number of nitriles is 1. The standard InChI is InChI=1S/C13H12N4O2S/c1-8-2-4-15-12(9(8)6-14)16-5-3-11-17-10(7-20-11)13(18)19/h2,4,7H,3,5H2,1H3,(H,15,16)(H,18,19). The maximum absolute atomic E-state index is 10.7. The van der Waals surface area contributed by atoms with Crippen molar-refractivity contribution in [1.82, 2.24) is 9.97 Å². The number of hydrogen-bond donors (Lipinski definition) is 2. The molecule has 0 saturated heterocycles. The quantitative estimate of drug-likeness (QED) is 0.873. The first-order chi connectivity index (χ1) is 9.61. The molecular formula is C13H12N4O2S. The molecule has 2 rings (SSSR count). The number of aromatic carboxylic acids is 1. The topological polar surface area (TPSA) is 98.9 Å². The van der Waals surface area contributed by atoms with Crippen molar-refractivity contribution in [3.05, 3.63) is 39.5 Å². The molecule has 102 valence electrons. The number of aromatic nitrogens is 2. The van der Waals surface area contributed by atoms with Crippen molar-refractivity contribution >= 4 is 23.1 Å². The lowest BCUT2D eigenvalue weighted by atomic mass is 10.1. The Morgan fingerprint density at radius 1 is 1.60 bits per heavy atom. The molecule has 0 aliphatic heterocycles. The zero-order valence-corrected chi connectivity index (χ0v) is 11.6. The van der Waals surface area contributed by atoms with Crippen molar-refractivity contribution < 1.29 is 9.90 Å². The zero-order valence-electron chi connectivity index (χ0n) is 10.8. The third-order valence-corrected chi connectivity index (χ3v) is 3.58. The van der Waals surface area contributed by atoms with Gasteiger partial charge in [-0.05, 0) is 18.6 Å². The fourth-order valence-corrected chi connectivity index (χ4v) is 2.42. The maximum atomic E-state index is 10.7. The van der Waals surface area contributed by atoms with Crippen molar-refractivity contribution in [2.45, 2.75) is 13.3 Å². The van der Waals surface area contributed by atoms with Gasteiger partial charge in [-0.25, -0.2) is 14.8 Å². The van der Waals surface area contributed by atoms with Crippen LogP contribution in [-0.2, 0) is 6.42 Å². The van der Waals surface area contributed by atoms with E-state index in [2.05, 4.69) is 21.4 Å². The normalized spacial score (nSPS) is 10.0. The minimum Gasteiger partial charge on any atom is -0.476 e. The van der Waals surface area contributed by atoms with E-state index in [1.807, 2.05) is 6.92 Å². The van der Waals surface area contributed by atoms with Crippen LogP contribution in [-0.4, -0.2) is 27.6 Å². The highest BCUT2D eigenvalue weighted by atomic mass is 32.1. The number of hydrogen-bond acceptors (Lipinski definition) is 6. The summed E-state index contributed by atoms with van der Waals surface area (Å²) in [7, 11) is 0. The van der Waals surface area contributed by atoms with Crippen molar-refractivity contribution in [3.63, 3.8) is 0 Å². The highest BCUT2D eigenvalue weighted by molar-refractivity contribution is 7.09. The summed E-state index contributed by atoms with van der Waals surface area (Å²) in [6, 6.07) is 3.90. The second-order valence-electron chi connectivity index (χ2n) is 4.07. The molecule has 0 fully saturated rings. The average molecular weight is 288 g/mol. The van der Waals surface area contributed by atoms with Gasteiger partial charge in [0.15, 0.2) is 5.69 Å². The Labute approximate surface area is 119 Å². The van der Waals surface area contributed by atoms with Crippen molar-refractivity contribution in [3.8, 4) is 6.07 Å². The molecule has 0 radical (unpaired) electrons. The van der Waals surface area contributed by atoms with E-state index in [9.17, 15) is 4.79 Å². The predicted molar refractivity (Wildman–Crippen MR) is 75.0 cm³/mol. The molecule has 0 saturated carbocycles. The molecule has 0 atom stereocenters. The van der Waals surface area contributed by atoms with E-state index < -0.39 is 5.97 Å². The van der Waals surface area contributed by atoms with E-state index in [0.29, 0.717) is 24.3 Å². The van der Waals surface area contributed by atoms with E-state index in [1.54, 1.807) is 12.3 Å². The number of anilines is 1. The largest absolute Gasteiger partial charge is 0.476 e. The number of carboxylic acid groups (broad SMARTS) is 1. The van der Waals surface area contributed by atoms with Gasteiger partial charge in [0, 0.05) is 24.5 Å². The van der Waals surface area contributed by atoms with Gasteiger partial charge in [-0.1, -0.05) is 0 Å². The molecule has 0 aromatic carbocycles. The summed E-state index contributed by atoms with van der Waals surface area (Å²) in [6.07, 6.45) is 2.23.